The number of hydrogen-bond acceptors (Lipinski definition) is 5. The molecule has 112 valence electrons. The molecule has 2 amide bonds. The first kappa shape index (κ1) is 14.9. The first-order chi connectivity index (χ1) is 10.0. The van der Waals surface area contributed by atoms with Gasteiger partial charge in [-0.3, -0.25) is 14.5 Å². The van der Waals surface area contributed by atoms with Crippen molar-refractivity contribution in [3.05, 3.63) is 36.0 Å². The first-order valence-corrected chi connectivity index (χ1v) is 6.01. The lowest BCUT2D eigenvalue weighted by atomic mass is 10.3. The molecule has 0 aliphatic carbocycles. The number of benzene rings is 1. The summed E-state index contributed by atoms with van der Waals surface area (Å²) in [7, 11) is 0. The minimum absolute atomic E-state index is 0.0136. The Morgan fingerprint density at radius 1 is 1.24 bits per heavy atom. The number of nitrogens with one attached hydrogen (secondary N) is 1. The van der Waals surface area contributed by atoms with Gasteiger partial charge in [-0.05, 0) is 24.3 Å². The van der Waals surface area contributed by atoms with E-state index in [-0.39, 0.29) is 24.6 Å². The highest BCUT2D eigenvalue weighted by molar-refractivity contribution is 6.17. The summed E-state index contributed by atoms with van der Waals surface area (Å²) in [6.07, 6.45) is 1.11. The minimum Gasteiger partial charge on any atom is -0.435 e. The van der Waals surface area contributed by atoms with E-state index in [4.69, 9.17) is 5.11 Å². The molecule has 2 rings (SSSR count). The lowest BCUT2D eigenvalue weighted by molar-refractivity contribution is -0.137. The standard InChI is InChI=1S/C13H12F2N2O4/c14-13(15)21-9-3-1-8(2-4-9)16-10-7-11(19)17(5-6-18)12(10)20/h1-4,7,13,16,18H,5-6H2. The van der Waals surface area contributed by atoms with Gasteiger partial charge in [0.1, 0.15) is 11.4 Å². The van der Waals surface area contributed by atoms with Crippen LogP contribution in [0.2, 0.25) is 0 Å². The molecule has 0 radical (unpaired) electrons. The maximum Gasteiger partial charge on any atom is 0.387 e. The van der Waals surface area contributed by atoms with Gasteiger partial charge in [-0.2, -0.15) is 8.78 Å². The Labute approximate surface area is 118 Å². The highest BCUT2D eigenvalue weighted by Gasteiger charge is 2.30. The van der Waals surface area contributed by atoms with Gasteiger partial charge in [0.25, 0.3) is 11.8 Å². The number of ether oxygens (including phenoxy) is 1. The zero-order valence-corrected chi connectivity index (χ0v) is 10.8. The fourth-order valence-corrected chi connectivity index (χ4v) is 1.79. The third-order valence-corrected chi connectivity index (χ3v) is 2.69. The van der Waals surface area contributed by atoms with Gasteiger partial charge in [-0.1, -0.05) is 0 Å². The van der Waals surface area contributed by atoms with E-state index in [0.717, 1.165) is 11.0 Å². The van der Waals surface area contributed by atoms with E-state index in [2.05, 4.69) is 10.1 Å². The van der Waals surface area contributed by atoms with Crippen LogP contribution in [0.25, 0.3) is 0 Å². The number of alkyl halides is 2. The number of carbonyl (C=O) groups is 2. The second-order valence-electron chi connectivity index (χ2n) is 4.10. The number of anilines is 1. The SMILES string of the molecule is O=C1C=C(Nc2ccc(OC(F)F)cc2)C(=O)N1CCO. The van der Waals surface area contributed by atoms with E-state index in [9.17, 15) is 18.4 Å². The number of halogens is 2. The summed E-state index contributed by atoms with van der Waals surface area (Å²) < 4.78 is 28.2. The highest BCUT2D eigenvalue weighted by atomic mass is 19.3. The minimum atomic E-state index is -2.91. The summed E-state index contributed by atoms with van der Waals surface area (Å²) in [5, 5.41) is 11.5. The molecule has 1 aliphatic heterocycles. The molecular weight excluding hydrogens is 286 g/mol. The summed E-state index contributed by atoms with van der Waals surface area (Å²) in [5.41, 5.74) is 0.492. The average Bonchev–Trinajstić information content (AvgIpc) is 2.69. The lowest BCUT2D eigenvalue weighted by Crippen LogP contribution is -2.34. The molecule has 8 heteroatoms. The van der Waals surface area contributed by atoms with Crippen LogP contribution in [-0.2, 0) is 9.59 Å². The van der Waals surface area contributed by atoms with Crippen molar-refractivity contribution in [3.63, 3.8) is 0 Å². The molecule has 1 aromatic carbocycles. The number of imide groups is 1. The highest BCUT2D eigenvalue weighted by Crippen LogP contribution is 2.21. The van der Waals surface area contributed by atoms with Crippen LogP contribution in [-0.4, -0.2) is 41.6 Å². The van der Waals surface area contributed by atoms with E-state index in [0.29, 0.717) is 5.69 Å². The van der Waals surface area contributed by atoms with Gasteiger partial charge in [0.05, 0.1) is 13.2 Å². The molecule has 1 aliphatic rings. The molecule has 0 fully saturated rings. The molecule has 6 nitrogen and oxygen atoms in total. The summed E-state index contributed by atoms with van der Waals surface area (Å²) >= 11 is 0. The fourth-order valence-electron chi connectivity index (χ4n) is 1.79. The monoisotopic (exact) mass is 298 g/mol. The average molecular weight is 298 g/mol. The third kappa shape index (κ3) is 3.54. The van der Waals surface area contributed by atoms with Crippen molar-refractivity contribution in [2.75, 3.05) is 18.5 Å². The zero-order valence-electron chi connectivity index (χ0n) is 10.8. The molecule has 2 N–H and O–H groups in total. The number of rotatable bonds is 6. The van der Waals surface area contributed by atoms with Gasteiger partial charge in [-0.25, -0.2) is 0 Å². The van der Waals surface area contributed by atoms with Gasteiger partial charge in [0, 0.05) is 11.8 Å². The Morgan fingerprint density at radius 2 is 1.90 bits per heavy atom. The number of hydrogen-bond donors (Lipinski definition) is 2. The van der Waals surface area contributed by atoms with Crippen LogP contribution in [0.3, 0.4) is 0 Å². The second kappa shape index (κ2) is 6.31. The third-order valence-electron chi connectivity index (χ3n) is 2.69. The van der Waals surface area contributed by atoms with Crippen LogP contribution >= 0.6 is 0 Å². The van der Waals surface area contributed by atoms with Crippen molar-refractivity contribution in [2.24, 2.45) is 0 Å². The molecule has 21 heavy (non-hydrogen) atoms. The first-order valence-electron chi connectivity index (χ1n) is 6.01. The Kier molecular flexibility index (Phi) is 4.49. The Balaban J connectivity index is 2.04. The molecule has 0 aromatic heterocycles. The van der Waals surface area contributed by atoms with Crippen molar-refractivity contribution < 1.29 is 28.2 Å². The summed E-state index contributed by atoms with van der Waals surface area (Å²) in [6.45, 7) is -3.31. The van der Waals surface area contributed by atoms with Crippen LogP contribution < -0.4 is 10.1 Å². The van der Waals surface area contributed by atoms with Gasteiger partial charge >= 0.3 is 6.61 Å². The van der Waals surface area contributed by atoms with E-state index in [1.165, 1.54) is 24.3 Å². The Hall–Kier alpha value is -2.48. The van der Waals surface area contributed by atoms with Crippen molar-refractivity contribution in [2.45, 2.75) is 6.61 Å². The zero-order chi connectivity index (χ0) is 15.4. The Morgan fingerprint density at radius 3 is 2.48 bits per heavy atom. The van der Waals surface area contributed by atoms with E-state index < -0.39 is 18.4 Å². The predicted molar refractivity (Wildman–Crippen MR) is 68.6 cm³/mol. The topological polar surface area (TPSA) is 78.9 Å². The van der Waals surface area contributed by atoms with Crippen LogP contribution in [0.4, 0.5) is 14.5 Å². The van der Waals surface area contributed by atoms with Crippen LogP contribution in [0.15, 0.2) is 36.0 Å². The summed E-state index contributed by atoms with van der Waals surface area (Å²) in [4.78, 5) is 24.3. The smallest absolute Gasteiger partial charge is 0.387 e. The van der Waals surface area contributed by atoms with Crippen LogP contribution in [0.1, 0.15) is 0 Å². The van der Waals surface area contributed by atoms with Crippen molar-refractivity contribution >= 4 is 17.5 Å². The number of nitrogens with zero attached hydrogens (tertiary/aromatic N) is 1. The molecule has 0 unspecified atom stereocenters. The molecule has 1 heterocycles. The largest absolute Gasteiger partial charge is 0.435 e. The molecule has 0 saturated carbocycles. The molecule has 0 spiro atoms. The van der Waals surface area contributed by atoms with Gasteiger partial charge in [0.2, 0.25) is 0 Å². The van der Waals surface area contributed by atoms with Crippen molar-refractivity contribution in [1.82, 2.24) is 4.90 Å². The van der Waals surface area contributed by atoms with Crippen LogP contribution in [0.5, 0.6) is 5.75 Å². The molecule has 0 atom stereocenters. The number of β-amino-alcohol motifs (C(OH)–C–C–N with tert-alkyl or cyclic N) is 1. The van der Waals surface area contributed by atoms with Crippen LogP contribution in [0, 0.1) is 0 Å². The predicted octanol–water partition coefficient (Wildman–Crippen LogP) is 0.945. The van der Waals surface area contributed by atoms with E-state index in [1.807, 2.05) is 0 Å². The van der Waals surface area contributed by atoms with E-state index >= 15 is 0 Å². The number of carbonyl (C=O) groups excluding carboxylic acids is 2. The number of amides is 2. The van der Waals surface area contributed by atoms with Gasteiger partial charge < -0.3 is 15.2 Å². The molecule has 0 saturated heterocycles. The second-order valence-corrected chi connectivity index (χ2v) is 4.10. The fraction of sp³-hybridized carbons (Fsp3) is 0.231. The van der Waals surface area contributed by atoms with Crippen molar-refractivity contribution in [1.29, 1.82) is 0 Å². The number of aliphatic hydroxyl groups excluding tert-OH is 1. The van der Waals surface area contributed by atoms with Crippen molar-refractivity contribution in [3.8, 4) is 5.75 Å². The molecule has 1 aromatic rings. The van der Waals surface area contributed by atoms with Gasteiger partial charge in [0.15, 0.2) is 0 Å². The molecular formula is C13H12F2N2O4. The normalized spacial score (nSPS) is 14.7. The quantitative estimate of drug-likeness (QED) is 0.764. The number of aliphatic hydroxyl groups is 1. The summed E-state index contributed by atoms with van der Waals surface area (Å²) in [6, 6.07) is 5.49. The maximum absolute atomic E-state index is 12.0. The van der Waals surface area contributed by atoms with E-state index in [1.54, 1.807) is 0 Å². The van der Waals surface area contributed by atoms with Gasteiger partial charge in [-0.15, -0.1) is 0 Å². The maximum atomic E-state index is 12.0. The lowest BCUT2D eigenvalue weighted by Gasteiger charge is -2.13. The summed E-state index contributed by atoms with van der Waals surface area (Å²) in [5.74, 6) is -1.09. The Bertz CT molecular complexity index is 572. The molecule has 0 bridgehead atoms.